The van der Waals surface area contributed by atoms with Crippen LogP contribution in [0.3, 0.4) is 0 Å². The van der Waals surface area contributed by atoms with Crippen LogP contribution in [0.4, 0.5) is 0 Å². The summed E-state index contributed by atoms with van der Waals surface area (Å²) in [5.74, 6) is 0.890. The van der Waals surface area contributed by atoms with Gasteiger partial charge in [-0.3, -0.25) is 14.4 Å². The number of rotatable bonds is 6. The highest BCUT2D eigenvalue weighted by atomic mass is 16.1. The molecule has 0 radical (unpaired) electrons. The van der Waals surface area contributed by atoms with Gasteiger partial charge in [0.25, 0.3) is 0 Å². The van der Waals surface area contributed by atoms with E-state index < -0.39 is 0 Å². The molecule has 0 aliphatic carbocycles. The minimum atomic E-state index is 0.0183. The van der Waals surface area contributed by atoms with Crippen LogP contribution < -0.4 is 5.32 Å². The molecular formula is C19H34N4O. The van der Waals surface area contributed by atoms with Gasteiger partial charge in [-0.15, -0.1) is 0 Å². The number of nitrogens with one attached hydrogen (secondary N) is 1. The molecule has 1 N–H and O–H groups in total. The summed E-state index contributed by atoms with van der Waals surface area (Å²) in [6.07, 6.45) is 3.87. The maximum Gasteiger partial charge on any atom is 0.220 e. The van der Waals surface area contributed by atoms with Crippen LogP contribution in [0, 0.1) is 19.8 Å². The molecule has 2 rings (SSSR count). The average Bonchev–Trinajstić information content (AvgIpc) is 2.76. The summed E-state index contributed by atoms with van der Waals surface area (Å²) in [7, 11) is 1.95. The number of aromatic nitrogens is 2. The standard InChI is InChI=1S/C19H34N4O/c1-14-8-7-11-23(12-14)19(4,5)13-20-18(24)10-9-17-15(2)21-22(6)16(17)3/h14H,7-13H2,1-6H3,(H,20,24). The van der Waals surface area contributed by atoms with Crippen molar-refractivity contribution in [2.75, 3.05) is 19.6 Å². The van der Waals surface area contributed by atoms with Crippen molar-refractivity contribution in [3.8, 4) is 0 Å². The van der Waals surface area contributed by atoms with Gasteiger partial charge in [-0.25, -0.2) is 0 Å². The minimum absolute atomic E-state index is 0.0183. The molecule has 1 aromatic heterocycles. The molecule has 0 spiro atoms. The lowest BCUT2D eigenvalue weighted by Gasteiger charge is -2.43. The molecule has 1 atom stereocenters. The maximum absolute atomic E-state index is 12.3. The molecule has 5 nitrogen and oxygen atoms in total. The predicted molar refractivity (Wildman–Crippen MR) is 98.1 cm³/mol. The Morgan fingerprint density at radius 1 is 1.38 bits per heavy atom. The van der Waals surface area contributed by atoms with Crippen LogP contribution >= 0.6 is 0 Å². The fraction of sp³-hybridized carbons (Fsp3) is 0.789. The van der Waals surface area contributed by atoms with Gasteiger partial charge in [0, 0.05) is 37.8 Å². The molecule has 1 aliphatic rings. The van der Waals surface area contributed by atoms with E-state index in [4.69, 9.17) is 0 Å². The molecule has 1 fully saturated rings. The number of likely N-dealkylation sites (tertiary alicyclic amines) is 1. The second-order valence-corrected chi connectivity index (χ2v) is 8.06. The van der Waals surface area contributed by atoms with E-state index in [1.54, 1.807) is 0 Å². The Balaban J connectivity index is 1.82. The van der Waals surface area contributed by atoms with Crippen LogP contribution in [-0.4, -0.2) is 45.8 Å². The van der Waals surface area contributed by atoms with Crippen molar-refractivity contribution < 1.29 is 4.79 Å². The first kappa shape index (κ1) is 19.0. The number of nitrogens with zero attached hydrogens (tertiary/aromatic N) is 3. The normalized spacial score (nSPS) is 19.5. The SMILES string of the molecule is Cc1nn(C)c(C)c1CCC(=O)NCC(C)(C)N1CCCC(C)C1. The molecule has 136 valence electrons. The summed E-state index contributed by atoms with van der Waals surface area (Å²) < 4.78 is 1.89. The summed E-state index contributed by atoms with van der Waals surface area (Å²) in [5, 5.41) is 7.56. The van der Waals surface area contributed by atoms with Crippen molar-refractivity contribution in [1.29, 1.82) is 0 Å². The van der Waals surface area contributed by atoms with Crippen LogP contribution in [0.1, 0.15) is 57.0 Å². The zero-order valence-electron chi connectivity index (χ0n) is 16.3. The first-order valence-electron chi connectivity index (χ1n) is 9.21. The zero-order chi connectivity index (χ0) is 17.9. The summed E-state index contributed by atoms with van der Waals surface area (Å²) in [6.45, 7) is 13.9. The van der Waals surface area contributed by atoms with E-state index in [0.29, 0.717) is 13.0 Å². The lowest BCUT2D eigenvalue weighted by molar-refractivity contribution is -0.121. The Morgan fingerprint density at radius 3 is 2.67 bits per heavy atom. The lowest BCUT2D eigenvalue weighted by Crippen LogP contribution is -2.54. The Kier molecular flexibility index (Phi) is 6.07. The van der Waals surface area contributed by atoms with Gasteiger partial charge in [-0.2, -0.15) is 5.10 Å². The molecule has 1 aliphatic heterocycles. The summed E-state index contributed by atoms with van der Waals surface area (Å²) in [4.78, 5) is 14.8. The molecule has 1 saturated heterocycles. The zero-order valence-corrected chi connectivity index (χ0v) is 16.3. The number of amides is 1. The van der Waals surface area contributed by atoms with E-state index in [0.717, 1.165) is 36.8 Å². The van der Waals surface area contributed by atoms with Gasteiger partial charge in [-0.05, 0) is 65.0 Å². The van der Waals surface area contributed by atoms with Crippen LogP contribution in [-0.2, 0) is 18.3 Å². The molecular weight excluding hydrogens is 300 g/mol. The second kappa shape index (κ2) is 7.68. The predicted octanol–water partition coefficient (Wildman–Crippen LogP) is 2.60. The van der Waals surface area contributed by atoms with Crippen LogP contribution in [0.25, 0.3) is 0 Å². The average molecular weight is 335 g/mol. The smallest absolute Gasteiger partial charge is 0.220 e. The molecule has 0 bridgehead atoms. The second-order valence-electron chi connectivity index (χ2n) is 8.06. The molecule has 24 heavy (non-hydrogen) atoms. The topological polar surface area (TPSA) is 50.2 Å². The first-order valence-corrected chi connectivity index (χ1v) is 9.21. The fourth-order valence-corrected chi connectivity index (χ4v) is 3.67. The molecule has 1 amide bonds. The highest BCUT2D eigenvalue weighted by Crippen LogP contribution is 2.23. The number of hydrogen-bond acceptors (Lipinski definition) is 3. The Morgan fingerprint density at radius 2 is 2.08 bits per heavy atom. The maximum atomic E-state index is 12.3. The lowest BCUT2D eigenvalue weighted by atomic mass is 9.93. The van der Waals surface area contributed by atoms with E-state index in [2.05, 4.69) is 43.0 Å². The van der Waals surface area contributed by atoms with E-state index in [9.17, 15) is 4.79 Å². The van der Waals surface area contributed by atoms with Crippen molar-refractivity contribution in [3.63, 3.8) is 0 Å². The Hall–Kier alpha value is -1.36. The molecule has 0 aromatic carbocycles. The summed E-state index contributed by atoms with van der Waals surface area (Å²) in [6, 6.07) is 0. The first-order chi connectivity index (χ1) is 11.2. The summed E-state index contributed by atoms with van der Waals surface area (Å²) in [5.41, 5.74) is 3.41. The molecule has 2 heterocycles. The van der Waals surface area contributed by atoms with E-state index in [1.165, 1.54) is 18.4 Å². The molecule has 5 heteroatoms. The van der Waals surface area contributed by atoms with E-state index in [1.807, 2.05) is 18.7 Å². The fourth-order valence-electron chi connectivity index (χ4n) is 3.67. The molecule has 1 aromatic rings. The van der Waals surface area contributed by atoms with Crippen LogP contribution in [0.2, 0.25) is 0 Å². The Labute approximate surface area is 146 Å². The van der Waals surface area contributed by atoms with E-state index in [-0.39, 0.29) is 11.4 Å². The van der Waals surface area contributed by atoms with Crippen molar-refractivity contribution in [2.24, 2.45) is 13.0 Å². The van der Waals surface area contributed by atoms with Gasteiger partial charge >= 0.3 is 0 Å². The number of piperidine rings is 1. The highest BCUT2D eigenvalue weighted by molar-refractivity contribution is 5.76. The number of aryl methyl sites for hydroxylation is 2. The monoisotopic (exact) mass is 334 g/mol. The minimum Gasteiger partial charge on any atom is -0.354 e. The van der Waals surface area contributed by atoms with Gasteiger partial charge < -0.3 is 5.32 Å². The highest BCUT2D eigenvalue weighted by Gasteiger charge is 2.30. The molecule has 1 unspecified atom stereocenters. The van der Waals surface area contributed by atoms with Gasteiger partial charge in [0.2, 0.25) is 5.91 Å². The quantitative estimate of drug-likeness (QED) is 0.870. The third-order valence-electron chi connectivity index (χ3n) is 5.49. The number of carbonyl (C=O) groups is 1. The van der Waals surface area contributed by atoms with E-state index >= 15 is 0 Å². The summed E-state index contributed by atoms with van der Waals surface area (Å²) >= 11 is 0. The van der Waals surface area contributed by atoms with Gasteiger partial charge in [0.15, 0.2) is 0 Å². The Bertz CT molecular complexity index is 576. The van der Waals surface area contributed by atoms with Crippen LogP contribution in [0.15, 0.2) is 0 Å². The van der Waals surface area contributed by atoms with Crippen LogP contribution in [0.5, 0.6) is 0 Å². The van der Waals surface area contributed by atoms with Crippen molar-refractivity contribution in [1.82, 2.24) is 20.0 Å². The van der Waals surface area contributed by atoms with Gasteiger partial charge in [-0.1, -0.05) is 6.92 Å². The van der Waals surface area contributed by atoms with Crippen molar-refractivity contribution >= 4 is 5.91 Å². The third-order valence-corrected chi connectivity index (χ3v) is 5.49. The number of hydrogen-bond donors (Lipinski definition) is 1. The number of carbonyl (C=O) groups excluding carboxylic acids is 1. The van der Waals surface area contributed by atoms with Gasteiger partial charge in [0.1, 0.15) is 0 Å². The van der Waals surface area contributed by atoms with Crippen molar-refractivity contribution in [2.45, 2.75) is 65.8 Å². The third kappa shape index (κ3) is 4.59. The molecule has 0 saturated carbocycles. The van der Waals surface area contributed by atoms with Crippen molar-refractivity contribution in [3.05, 3.63) is 17.0 Å². The largest absolute Gasteiger partial charge is 0.354 e. The van der Waals surface area contributed by atoms with Gasteiger partial charge in [0.05, 0.1) is 5.69 Å².